The van der Waals surface area contributed by atoms with Crippen molar-refractivity contribution in [2.24, 2.45) is 23.7 Å². The number of carbonyl (C=O) groups excluding carboxylic acids is 2. The molecule has 2 bridgehead atoms. The van der Waals surface area contributed by atoms with E-state index >= 15 is 0 Å². The van der Waals surface area contributed by atoms with Crippen LogP contribution in [0.4, 0.5) is 5.69 Å². The van der Waals surface area contributed by atoms with Crippen LogP contribution in [0.3, 0.4) is 0 Å². The molecule has 0 spiro atoms. The van der Waals surface area contributed by atoms with Gasteiger partial charge >= 0.3 is 11.9 Å². The molecule has 0 aliphatic heterocycles. The van der Waals surface area contributed by atoms with Crippen molar-refractivity contribution in [1.29, 1.82) is 0 Å². The highest BCUT2D eigenvalue weighted by Crippen LogP contribution is 2.48. The standard InChI is InChI=1S/C15H15NO5S/c1-21-15(20)12-9(4-5-22-12)16-13(17)10-7-2-3-8(6-7)11(10)14(18)19/h2-5,7-8,10-11H,6H2,1H3,(H,16,17)(H,18,19)/t7-,8+,10-,11+/m1/s1. The summed E-state index contributed by atoms with van der Waals surface area (Å²) in [6.45, 7) is 0. The van der Waals surface area contributed by atoms with Gasteiger partial charge < -0.3 is 15.2 Å². The van der Waals surface area contributed by atoms with Crippen molar-refractivity contribution in [2.45, 2.75) is 6.42 Å². The van der Waals surface area contributed by atoms with E-state index in [2.05, 4.69) is 10.1 Å². The van der Waals surface area contributed by atoms with Gasteiger partial charge in [-0.1, -0.05) is 12.2 Å². The number of fused-ring (bicyclic) bond motifs is 2. The molecule has 1 amide bonds. The summed E-state index contributed by atoms with van der Waals surface area (Å²) in [5, 5.41) is 13.7. The first kappa shape index (κ1) is 14.8. The summed E-state index contributed by atoms with van der Waals surface area (Å²) in [7, 11) is 1.27. The van der Waals surface area contributed by atoms with E-state index in [9.17, 15) is 19.5 Å². The Balaban J connectivity index is 1.80. The average molecular weight is 321 g/mol. The van der Waals surface area contributed by atoms with E-state index in [4.69, 9.17) is 0 Å². The number of hydrogen-bond acceptors (Lipinski definition) is 5. The second kappa shape index (κ2) is 5.57. The van der Waals surface area contributed by atoms with Gasteiger partial charge in [-0.15, -0.1) is 11.3 Å². The first-order valence-corrected chi connectivity index (χ1v) is 7.78. The summed E-state index contributed by atoms with van der Waals surface area (Å²) in [6.07, 6.45) is 4.50. The molecule has 0 saturated heterocycles. The van der Waals surface area contributed by atoms with Crippen LogP contribution in [0.15, 0.2) is 23.6 Å². The number of hydrogen-bond donors (Lipinski definition) is 2. The first-order chi connectivity index (χ1) is 10.5. The van der Waals surface area contributed by atoms with Gasteiger partial charge in [0.25, 0.3) is 0 Å². The number of amides is 1. The molecule has 6 nitrogen and oxygen atoms in total. The largest absolute Gasteiger partial charge is 0.481 e. The van der Waals surface area contributed by atoms with Crippen molar-refractivity contribution in [3.8, 4) is 0 Å². The van der Waals surface area contributed by atoms with Gasteiger partial charge in [-0.3, -0.25) is 9.59 Å². The number of rotatable bonds is 4. The second-order valence-corrected chi connectivity index (χ2v) is 6.40. The lowest BCUT2D eigenvalue weighted by atomic mass is 9.82. The molecule has 1 fully saturated rings. The van der Waals surface area contributed by atoms with E-state index in [0.717, 1.165) is 0 Å². The molecule has 1 aromatic rings. The number of ether oxygens (including phenoxy) is 1. The molecule has 22 heavy (non-hydrogen) atoms. The number of aliphatic carboxylic acids is 1. The molecule has 116 valence electrons. The van der Waals surface area contributed by atoms with Gasteiger partial charge in [-0.25, -0.2) is 4.79 Å². The smallest absolute Gasteiger partial charge is 0.350 e. The van der Waals surface area contributed by atoms with Crippen molar-refractivity contribution in [3.05, 3.63) is 28.5 Å². The normalized spacial score (nSPS) is 28.6. The number of carboxylic acids is 1. The lowest BCUT2D eigenvalue weighted by Gasteiger charge is -2.23. The van der Waals surface area contributed by atoms with E-state index in [-0.39, 0.29) is 17.7 Å². The van der Waals surface area contributed by atoms with E-state index < -0.39 is 23.8 Å². The SMILES string of the molecule is COC(=O)c1sccc1NC(=O)[C@H]1[C@@H](C(=O)O)[C@H]2C=C[C@@H]1C2. The quantitative estimate of drug-likeness (QED) is 0.653. The van der Waals surface area contributed by atoms with Crippen molar-refractivity contribution in [2.75, 3.05) is 12.4 Å². The maximum atomic E-state index is 12.5. The van der Waals surface area contributed by atoms with Crippen molar-refractivity contribution >= 4 is 34.9 Å². The Morgan fingerprint density at radius 3 is 2.59 bits per heavy atom. The van der Waals surface area contributed by atoms with Crippen molar-refractivity contribution in [1.82, 2.24) is 0 Å². The second-order valence-electron chi connectivity index (χ2n) is 5.48. The maximum Gasteiger partial charge on any atom is 0.350 e. The molecule has 0 unspecified atom stereocenters. The number of thiophene rings is 1. The van der Waals surface area contributed by atoms with Gasteiger partial charge in [-0.05, 0) is 29.7 Å². The van der Waals surface area contributed by atoms with Crippen LogP contribution in [0, 0.1) is 23.7 Å². The number of carbonyl (C=O) groups is 3. The molecular formula is C15H15NO5S. The highest BCUT2D eigenvalue weighted by Gasteiger charge is 2.51. The van der Waals surface area contributed by atoms with E-state index in [0.29, 0.717) is 17.0 Å². The van der Waals surface area contributed by atoms with Crippen LogP contribution < -0.4 is 5.32 Å². The summed E-state index contributed by atoms with van der Waals surface area (Å²) in [5.74, 6) is -3.25. The maximum absolute atomic E-state index is 12.5. The van der Waals surface area contributed by atoms with E-state index in [1.54, 1.807) is 11.4 Å². The Kier molecular flexibility index (Phi) is 3.74. The van der Waals surface area contributed by atoms with Gasteiger partial charge in [0.1, 0.15) is 4.88 Å². The number of esters is 1. The van der Waals surface area contributed by atoms with E-state index in [1.807, 2.05) is 12.2 Å². The van der Waals surface area contributed by atoms with Crippen LogP contribution in [0.1, 0.15) is 16.1 Å². The van der Waals surface area contributed by atoms with Gasteiger partial charge in [0.2, 0.25) is 5.91 Å². The number of allylic oxidation sites excluding steroid dienone is 2. The minimum Gasteiger partial charge on any atom is -0.481 e. The Bertz CT molecular complexity index is 665. The van der Waals surface area contributed by atoms with Crippen molar-refractivity contribution in [3.63, 3.8) is 0 Å². The molecule has 3 rings (SSSR count). The van der Waals surface area contributed by atoms with Gasteiger partial charge in [0.15, 0.2) is 0 Å². The zero-order valence-corrected chi connectivity index (χ0v) is 12.6. The fourth-order valence-electron chi connectivity index (χ4n) is 3.39. The Morgan fingerprint density at radius 1 is 1.27 bits per heavy atom. The zero-order chi connectivity index (χ0) is 15.9. The molecule has 1 heterocycles. The molecule has 0 aromatic carbocycles. The molecule has 2 aliphatic rings. The molecule has 7 heteroatoms. The summed E-state index contributed by atoms with van der Waals surface area (Å²) < 4.78 is 4.67. The lowest BCUT2D eigenvalue weighted by Crippen LogP contribution is -2.36. The minimum atomic E-state index is -0.949. The van der Waals surface area contributed by atoms with Crippen LogP contribution in [0.2, 0.25) is 0 Å². The number of anilines is 1. The third-order valence-electron chi connectivity index (χ3n) is 4.34. The van der Waals surface area contributed by atoms with Gasteiger partial charge in [0, 0.05) is 0 Å². The third-order valence-corrected chi connectivity index (χ3v) is 5.24. The fourth-order valence-corrected chi connectivity index (χ4v) is 4.16. The highest BCUT2D eigenvalue weighted by atomic mass is 32.1. The predicted octanol–water partition coefficient (Wildman–Crippen LogP) is 2.00. The molecule has 2 aliphatic carbocycles. The molecular weight excluding hydrogens is 306 g/mol. The van der Waals surface area contributed by atoms with Gasteiger partial charge in [-0.2, -0.15) is 0 Å². The summed E-state index contributed by atoms with van der Waals surface area (Å²) >= 11 is 1.17. The zero-order valence-electron chi connectivity index (χ0n) is 11.8. The lowest BCUT2D eigenvalue weighted by molar-refractivity contribution is -0.146. The molecule has 1 aromatic heterocycles. The van der Waals surface area contributed by atoms with Crippen LogP contribution >= 0.6 is 11.3 Å². The summed E-state index contributed by atoms with van der Waals surface area (Å²) in [6, 6.07) is 1.62. The van der Waals surface area contributed by atoms with Crippen LogP contribution in [-0.4, -0.2) is 30.1 Å². The summed E-state index contributed by atoms with van der Waals surface area (Å²) in [4.78, 5) is 35.9. The number of carboxylic acid groups (broad SMARTS) is 1. The monoisotopic (exact) mass is 321 g/mol. The average Bonchev–Trinajstić information content (AvgIpc) is 3.20. The van der Waals surface area contributed by atoms with E-state index in [1.165, 1.54) is 18.4 Å². The molecule has 1 saturated carbocycles. The van der Waals surface area contributed by atoms with Gasteiger partial charge in [0.05, 0.1) is 24.6 Å². The van der Waals surface area contributed by atoms with Crippen LogP contribution in [0.25, 0.3) is 0 Å². The number of nitrogens with one attached hydrogen (secondary N) is 1. The minimum absolute atomic E-state index is 0.0497. The topological polar surface area (TPSA) is 92.7 Å². The molecule has 4 atom stereocenters. The third kappa shape index (κ3) is 2.31. The van der Waals surface area contributed by atoms with Crippen LogP contribution in [0.5, 0.6) is 0 Å². The van der Waals surface area contributed by atoms with Crippen LogP contribution in [-0.2, 0) is 14.3 Å². The summed E-state index contributed by atoms with van der Waals surface area (Å²) in [5.41, 5.74) is 0.373. The number of methoxy groups -OCH3 is 1. The Morgan fingerprint density at radius 2 is 1.95 bits per heavy atom. The highest BCUT2D eigenvalue weighted by molar-refractivity contribution is 7.12. The predicted molar refractivity (Wildman–Crippen MR) is 79.6 cm³/mol. The molecule has 0 radical (unpaired) electrons. The first-order valence-electron chi connectivity index (χ1n) is 6.90. The Hall–Kier alpha value is -2.15. The van der Waals surface area contributed by atoms with Crippen molar-refractivity contribution < 1.29 is 24.2 Å². The Labute approximate surface area is 130 Å². The fraction of sp³-hybridized carbons (Fsp3) is 0.400. The molecule has 2 N–H and O–H groups in total.